The van der Waals surface area contributed by atoms with Gasteiger partial charge in [-0.3, -0.25) is 0 Å². The first-order chi connectivity index (χ1) is 15.1. The molecule has 8 heteroatoms. The van der Waals surface area contributed by atoms with Crippen molar-refractivity contribution in [3.63, 3.8) is 0 Å². The SMILES string of the molecule is Cc1nc(Oc2cc(C#N)ccc2-n2cc(C(O)CN)cn2)cc(-c2ccccc2)n1. The minimum atomic E-state index is -0.811. The Balaban J connectivity index is 1.74. The zero-order chi connectivity index (χ0) is 21.8. The van der Waals surface area contributed by atoms with Gasteiger partial charge in [0, 0.05) is 36.0 Å². The van der Waals surface area contributed by atoms with Crippen LogP contribution in [0.15, 0.2) is 67.0 Å². The van der Waals surface area contributed by atoms with E-state index in [9.17, 15) is 10.4 Å². The minimum absolute atomic E-state index is 0.0882. The normalized spacial score (nSPS) is 11.7. The van der Waals surface area contributed by atoms with Crippen LogP contribution in [0.2, 0.25) is 0 Å². The van der Waals surface area contributed by atoms with E-state index in [-0.39, 0.29) is 6.54 Å². The largest absolute Gasteiger partial charge is 0.437 e. The van der Waals surface area contributed by atoms with Crippen molar-refractivity contribution in [2.24, 2.45) is 5.73 Å². The molecule has 8 nitrogen and oxygen atoms in total. The van der Waals surface area contributed by atoms with E-state index < -0.39 is 6.10 Å². The predicted octanol–water partition coefficient (Wildman–Crippen LogP) is 3.29. The Hall–Kier alpha value is -4.06. The number of nitrogens with zero attached hydrogens (tertiary/aromatic N) is 5. The predicted molar refractivity (Wildman–Crippen MR) is 115 cm³/mol. The minimum Gasteiger partial charge on any atom is -0.437 e. The van der Waals surface area contributed by atoms with E-state index in [4.69, 9.17) is 10.5 Å². The van der Waals surface area contributed by atoms with Crippen molar-refractivity contribution in [3.05, 3.63) is 83.9 Å². The van der Waals surface area contributed by atoms with Gasteiger partial charge in [-0.25, -0.2) is 9.67 Å². The summed E-state index contributed by atoms with van der Waals surface area (Å²) in [6.07, 6.45) is 2.41. The van der Waals surface area contributed by atoms with Crippen LogP contribution >= 0.6 is 0 Å². The van der Waals surface area contributed by atoms with Crippen LogP contribution in [0.1, 0.15) is 23.1 Å². The van der Waals surface area contributed by atoms with Crippen molar-refractivity contribution in [2.75, 3.05) is 6.54 Å². The number of aliphatic hydroxyl groups excluding tert-OH is 1. The molecule has 0 spiro atoms. The fraction of sp³-hybridized carbons (Fsp3) is 0.130. The fourth-order valence-corrected chi connectivity index (χ4v) is 3.09. The van der Waals surface area contributed by atoms with Crippen LogP contribution in [-0.2, 0) is 0 Å². The number of aliphatic hydroxyl groups is 1. The van der Waals surface area contributed by atoms with E-state index in [1.807, 2.05) is 30.3 Å². The molecule has 0 amide bonds. The van der Waals surface area contributed by atoms with Crippen LogP contribution in [0, 0.1) is 18.3 Å². The van der Waals surface area contributed by atoms with Crippen molar-refractivity contribution in [1.29, 1.82) is 5.26 Å². The van der Waals surface area contributed by atoms with Crippen molar-refractivity contribution in [3.8, 4) is 34.6 Å². The van der Waals surface area contributed by atoms with Crippen molar-refractivity contribution < 1.29 is 9.84 Å². The molecule has 0 aliphatic heterocycles. The van der Waals surface area contributed by atoms with Crippen LogP contribution < -0.4 is 10.5 Å². The van der Waals surface area contributed by atoms with E-state index >= 15 is 0 Å². The molecule has 1 atom stereocenters. The zero-order valence-corrected chi connectivity index (χ0v) is 16.8. The van der Waals surface area contributed by atoms with Gasteiger partial charge in [-0.1, -0.05) is 30.3 Å². The maximum Gasteiger partial charge on any atom is 0.223 e. The van der Waals surface area contributed by atoms with Gasteiger partial charge >= 0.3 is 0 Å². The summed E-state index contributed by atoms with van der Waals surface area (Å²) in [5.41, 5.74) is 8.82. The number of aromatic nitrogens is 4. The fourth-order valence-electron chi connectivity index (χ4n) is 3.09. The highest BCUT2D eigenvalue weighted by Crippen LogP contribution is 2.30. The van der Waals surface area contributed by atoms with Crippen molar-refractivity contribution >= 4 is 0 Å². The maximum atomic E-state index is 9.98. The van der Waals surface area contributed by atoms with Crippen LogP contribution in [0.25, 0.3) is 16.9 Å². The Labute approximate surface area is 179 Å². The lowest BCUT2D eigenvalue weighted by atomic mass is 10.1. The van der Waals surface area contributed by atoms with E-state index in [1.165, 1.54) is 0 Å². The average molecular weight is 412 g/mol. The highest BCUT2D eigenvalue weighted by Gasteiger charge is 2.15. The molecular weight excluding hydrogens is 392 g/mol. The molecule has 4 aromatic rings. The van der Waals surface area contributed by atoms with Gasteiger partial charge in [0.1, 0.15) is 11.5 Å². The Morgan fingerprint density at radius 1 is 1.16 bits per heavy atom. The first-order valence-electron chi connectivity index (χ1n) is 9.63. The monoisotopic (exact) mass is 412 g/mol. The Bertz CT molecular complexity index is 1250. The van der Waals surface area contributed by atoms with Crippen molar-refractivity contribution in [2.45, 2.75) is 13.0 Å². The molecule has 0 saturated carbocycles. The molecular formula is C23H20N6O2. The summed E-state index contributed by atoms with van der Waals surface area (Å²) in [4.78, 5) is 8.88. The summed E-state index contributed by atoms with van der Waals surface area (Å²) in [7, 11) is 0. The third kappa shape index (κ3) is 4.43. The maximum absolute atomic E-state index is 9.98. The molecule has 2 aromatic carbocycles. The molecule has 4 rings (SSSR count). The summed E-state index contributed by atoms with van der Waals surface area (Å²) in [5.74, 6) is 1.30. The van der Waals surface area contributed by atoms with Gasteiger partial charge in [-0.2, -0.15) is 15.3 Å². The van der Waals surface area contributed by atoms with Crippen LogP contribution in [0.5, 0.6) is 11.6 Å². The second-order valence-electron chi connectivity index (χ2n) is 6.87. The topological polar surface area (TPSA) is 123 Å². The molecule has 1 unspecified atom stereocenters. The lowest BCUT2D eigenvalue weighted by Gasteiger charge is -2.12. The standard InChI is InChI=1S/C23H20N6O2/c1-15-27-19(17-5-3-2-4-6-17)10-23(28-15)31-22-9-16(11-24)7-8-20(22)29-14-18(13-26-29)21(30)12-25/h2-10,13-14,21,30H,12,25H2,1H3. The highest BCUT2D eigenvalue weighted by molar-refractivity contribution is 5.60. The van der Waals surface area contributed by atoms with Gasteiger partial charge in [-0.15, -0.1) is 0 Å². The number of nitriles is 1. The molecule has 0 saturated heterocycles. The molecule has 31 heavy (non-hydrogen) atoms. The number of rotatable bonds is 6. The van der Waals surface area contributed by atoms with Gasteiger partial charge in [0.05, 0.1) is 29.6 Å². The molecule has 0 bridgehead atoms. The number of ether oxygens (including phenoxy) is 1. The molecule has 2 heterocycles. The molecule has 2 aromatic heterocycles. The van der Waals surface area contributed by atoms with E-state index in [0.29, 0.717) is 34.3 Å². The number of nitrogens with two attached hydrogens (primary N) is 1. The van der Waals surface area contributed by atoms with E-state index in [0.717, 1.165) is 11.3 Å². The third-order valence-electron chi connectivity index (χ3n) is 4.64. The molecule has 3 N–H and O–H groups in total. The van der Waals surface area contributed by atoms with Crippen LogP contribution in [-0.4, -0.2) is 31.4 Å². The average Bonchev–Trinajstić information content (AvgIpc) is 3.28. The first kappa shape index (κ1) is 20.2. The number of aryl methyl sites for hydroxylation is 1. The van der Waals surface area contributed by atoms with Gasteiger partial charge in [-0.05, 0) is 19.1 Å². The third-order valence-corrected chi connectivity index (χ3v) is 4.64. The molecule has 154 valence electrons. The molecule has 0 aliphatic rings. The smallest absolute Gasteiger partial charge is 0.223 e. The van der Waals surface area contributed by atoms with Crippen LogP contribution in [0.4, 0.5) is 0 Å². The second kappa shape index (κ2) is 8.75. The molecule has 0 radical (unpaired) electrons. The van der Waals surface area contributed by atoms with Crippen molar-refractivity contribution in [1.82, 2.24) is 19.7 Å². The Morgan fingerprint density at radius 3 is 2.71 bits per heavy atom. The van der Waals surface area contributed by atoms with E-state index in [1.54, 1.807) is 48.3 Å². The number of benzene rings is 2. The lowest BCUT2D eigenvalue weighted by molar-refractivity contribution is 0.186. The van der Waals surface area contributed by atoms with Crippen LogP contribution in [0.3, 0.4) is 0 Å². The first-order valence-corrected chi connectivity index (χ1v) is 9.63. The highest BCUT2D eigenvalue weighted by atomic mass is 16.5. The summed E-state index contributed by atoms with van der Waals surface area (Å²) >= 11 is 0. The second-order valence-corrected chi connectivity index (χ2v) is 6.87. The van der Waals surface area contributed by atoms with Gasteiger partial charge in [0.2, 0.25) is 5.88 Å². The number of hydrogen-bond acceptors (Lipinski definition) is 7. The lowest BCUT2D eigenvalue weighted by Crippen LogP contribution is -2.10. The van der Waals surface area contributed by atoms with Gasteiger partial charge < -0.3 is 15.6 Å². The zero-order valence-electron chi connectivity index (χ0n) is 16.8. The van der Waals surface area contributed by atoms with E-state index in [2.05, 4.69) is 21.1 Å². The quantitative estimate of drug-likeness (QED) is 0.498. The number of hydrogen-bond donors (Lipinski definition) is 2. The summed E-state index contributed by atoms with van der Waals surface area (Å²) in [6.45, 7) is 1.88. The van der Waals surface area contributed by atoms with Gasteiger partial charge in [0.25, 0.3) is 0 Å². The Morgan fingerprint density at radius 2 is 1.97 bits per heavy atom. The Kier molecular flexibility index (Phi) is 5.71. The summed E-state index contributed by atoms with van der Waals surface area (Å²) < 4.78 is 7.66. The molecule has 0 aliphatic carbocycles. The molecule has 0 fully saturated rings. The summed E-state index contributed by atoms with van der Waals surface area (Å²) in [5, 5.41) is 23.6. The van der Waals surface area contributed by atoms with Gasteiger partial charge in [0.15, 0.2) is 5.75 Å². The summed E-state index contributed by atoms with van der Waals surface area (Å²) in [6, 6.07) is 18.6.